The van der Waals surface area contributed by atoms with E-state index in [1.165, 1.54) is 7.11 Å². The lowest BCUT2D eigenvalue weighted by molar-refractivity contribution is -0.314. The second-order valence-corrected chi connectivity index (χ2v) is 17.6. The summed E-state index contributed by atoms with van der Waals surface area (Å²) in [5, 5.41) is 23.6. The van der Waals surface area contributed by atoms with Gasteiger partial charge >= 0.3 is 18.2 Å². The Morgan fingerprint density at radius 3 is 2.24 bits per heavy atom. The van der Waals surface area contributed by atoms with E-state index < -0.39 is 102 Å². The van der Waals surface area contributed by atoms with E-state index in [4.69, 9.17) is 42.6 Å². The summed E-state index contributed by atoms with van der Waals surface area (Å²) >= 11 is 0. The molecule has 0 spiro atoms. The first-order chi connectivity index (χ1) is 25.6. The quantitative estimate of drug-likeness (QED) is 0.294. The smallest absolute Gasteiger partial charge is 0.458 e. The summed E-state index contributed by atoms with van der Waals surface area (Å²) < 4.78 is 55.5. The van der Waals surface area contributed by atoms with Gasteiger partial charge in [0, 0.05) is 39.1 Å². The van der Waals surface area contributed by atoms with E-state index in [0.29, 0.717) is 19.4 Å². The first kappa shape index (κ1) is 43.8. The van der Waals surface area contributed by atoms with Crippen LogP contribution >= 0.6 is 0 Å². The molecule has 16 heteroatoms. The molecule has 0 aromatic heterocycles. The van der Waals surface area contributed by atoms with Crippen LogP contribution in [0.25, 0.3) is 0 Å². The number of fused-ring (bicyclic) bond motifs is 2. The summed E-state index contributed by atoms with van der Waals surface area (Å²) in [6.45, 7) is 18.6. The molecule has 0 aliphatic carbocycles. The third-order valence-electron chi connectivity index (χ3n) is 13.0. The Morgan fingerprint density at radius 1 is 0.927 bits per heavy atom. The highest BCUT2D eigenvalue weighted by atomic mass is 16.8. The monoisotopic (exact) mass is 786 g/mol. The molecule has 316 valence electrons. The minimum Gasteiger partial charge on any atom is -0.458 e. The molecule has 5 rings (SSSR count). The fourth-order valence-corrected chi connectivity index (χ4v) is 9.67. The van der Waals surface area contributed by atoms with Crippen LogP contribution in [0.5, 0.6) is 0 Å². The van der Waals surface area contributed by atoms with Crippen molar-refractivity contribution in [2.75, 3.05) is 27.7 Å². The number of aliphatic hydroxyl groups excluding tert-OH is 1. The van der Waals surface area contributed by atoms with Gasteiger partial charge in [-0.15, -0.1) is 0 Å². The summed E-state index contributed by atoms with van der Waals surface area (Å²) in [5.41, 5.74) is -3.91. The van der Waals surface area contributed by atoms with E-state index >= 15 is 0 Å². The van der Waals surface area contributed by atoms with Gasteiger partial charge < -0.3 is 57.7 Å². The lowest BCUT2D eigenvalue weighted by Gasteiger charge is -2.48. The summed E-state index contributed by atoms with van der Waals surface area (Å²) in [6.07, 6.45) is -8.52. The molecule has 0 radical (unpaired) electrons. The molecule has 55 heavy (non-hydrogen) atoms. The normalized spacial score (nSPS) is 49.1. The molecule has 16 nitrogen and oxygen atoms in total. The molecule has 0 bridgehead atoms. The van der Waals surface area contributed by atoms with Crippen molar-refractivity contribution in [2.24, 2.45) is 17.8 Å². The molecule has 0 unspecified atom stereocenters. The van der Waals surface area contributed by atoms with Gasteiger partial charge in [-0.05, 0) is 80.7 Å². The number of hydrogen-bond donors (Lipinski definition) is 2. The van der Waals surface area contributed by atoms with Crippen molar-refractivity contribution in [2.45, 2.75) is 185 Å². The van der Waals surface area contributed by atoms with Gasteiger partial charge in [-0.1, -0.05) is 20.8 Å². The lowest BCUT2D eigenvalue weighted by atomic mass is 9.77. The maximum Gasteiger partial charge on any atom is 0.509 e. The van der Waals surface area contributed by atoms with E-state index in [2.05, 4.69) is 0 Å². The second kappa shape index (κ2) is 16.5. The maximum atomic E-state index is 14.5. The second-order valence-electron chi connectivity index (χ2n) is 17.6. The van der Waals surface area contributed by atoms with E-state index in [0.717, 1.165) is 0 Å². The van der Waals surface area contributed by atoms with Crippen molar-refractivity contribution in [3.8, 4) is 0 Å². The van der Waals surface area contributed by atoms with Crippen molar-refractivity contribution in [3.63, 3.8) is 0 Å². The van der Waals surface area contributed by atoms with Crippen LogP contribution in [-0.2, 0) is 47.4 Å². The van der Waals surface area contributed by atoms with Crippen LogP contribution in [0.3, 0.4) is 0 Å². The van der Waals surface area contributed by atoms with Crippen LogP contribution in [0, 0.1) is 17.8 Å². The molecular weight excluding hydrogens is 720 g/mol. The summed E-state index contributed by atoms with van der Waals surface area (Å²) in [4.78, 5) is 43.5. The van der Waals surface area contributed by atoms with Crippen molar-refractivity contribution < 1.29 is 67.2 Å². The lowest BCUT2D eigenvalue weighted by Crippen LogP contribution is -2.60. The van der Waals surface area contributed by atoms with Crippen molar-refractivity contribution >= 4 is 18.2 Å². The minimum atomic E-state index is -1.57. The predicted octanol–water partition coefficient (Wildman–Crippen LogP) is 3.61. The number of cyclic esters (lactones) is 1. The van der Waals surface area contributed by atoms with E-state index in [1.807, 2.05) is 46.6 Å². The zero-order chi connectivity index (χ0) is 40.9. The molecule has 5 aliphatic rings. The first-order valence-electron chi connectivity index (χ1n) is 19.9. The van der Waals surface area contributed by atoms with Gasteiger partial charge in [0.15, 0.2) is 30.4 Å². The number of esters is 1. The molecule has 0 aromatic rings. The fraction of sp³-hybridized carbons (Fsp3) is 0.923. The van der Waals surface area contributed by atoms with E-state index in [-0.39, 0.29) is 36.9 Å². The molecule has 1 amide bonds. The van der Waals surface area contributed by atoms with Gasteiger partial charge in [0.05, 0.1) is 47.6 Å². The molecule has 5 heterocycles. The molecule has 5 aliphatic heterocycles. The summed E-state index contributed by atoms with van der Waals surface area (Å²) in [6, 6.07) is -0.669. The van der Waals surface area contributed by atoms with Crippen LogP contribution in [0.1, 0.15) is 94.9 Å². The third-order valence-corrected chi connectivity index (χ3v) is 13.0. The fourth-order valence-electron chi connectivity index (χ4n) is 9.67. The largest absolute Gasteiger partial charge is 0.509 e. The molecule has 0 aromatic carbocycles. The number of carbonyl (C=O) groups excluding carboxylic acids is 3. The van der Waals surface area contributed by atoms with Crippen LogP contribution in [0.2, 0.25) is 0 Å². The van der Waals surface area contributed by atoms with Crippen LogP contribution in [-0.4, -0.2) is 156 Å². The Balaban J connectivity index is 1.59. The van der Waals surface area contributed by atoms with E-state index in [1.54, 1.807) is 46.6 Å². The Morgan fingerprint density at radius 2 is 1.60 bits per heavy atom. The highest BCUT2D eigenvalue weighted by Gasteiger charge is 2.59. The molecule has 5 saturated heterocycles. The van der Waals surface area contributed by atoms with Gasteiger partial charge in [0.1, 0.15) is 12.2 Å². The number of rotatable bonds is 6. The average molecular weight is 787 g/mol. The number of likely N-dealkylation sites (N-methyl/N-ethyl adjacent to an activating group) is 2. The number of nitrogens with zero attached hydrogens (tertiary/aromatic N) is 2. The average Bonchev–Trinajstić information content (AvgIpc) is 3.58. The molecule has 0 saturated carbocycles. The highest BCUT2D eigenvalue weighted by molar-refractivity contribution is 5.73. The standard InChI is InChI=1S/C39H66N2O14/c1-14-26-39(10)32(54-36(45)55-39)23(6)40(11)18-19(2)16-37(8,46)31(53-34-29-25(15-20(3)48-34)41(12)35(44)52-29)21(4)28(22(5)33(43)50-26)51-27-17-38(9,47-13)30(42)24(7)49-27/h19-32,34,42,46H,14-18H2,1-13H3/t19-,20-,21+,22-,23-,24+,25+,26-,27+,28+,29-,30+,31-,32+,34+,37-,38-,39-/m1/s1. The SMILES string of the molecule is CC[C@H]1OC(=O)[C@H](C)[C@@H](O[C@H]2C[C@@](C)(OC)[C@@H](O)[C@H](C)O2)[C@H](C)[C@@H](O[C@@H]2O[C@H](C)C[C@H]3[C@H]2OC(=O)N3C)[C@](C)(O)C[C@@H](C)CN(C)[C@H](C)[C@@H]2OC(=O)O[C@]12C. The number of hydrogen-bond acceptors (Lipinski definition) is 15. The third kappa shape index (κ3) is 8.62. The number of ether oxygens (including phenoxy) is 9. The summed E-state index contributed by atoms with van der Waals surface area (Å²) in [5.74, 6) is -2.52. The van der Waals surface area contributed by atoms with Crippen LogP contribution in [0.15, 0.2) is 0 Å². The van der Waals surface area contributed by atoms with Gasteiger partial charge in [0.25, 0.3) is 0 Å². The van der Waals surface area contributed by atoms with Crippen LogP contribution < -0.4 is 0 Å². The number of carbonyl (C=O) groups is 3. The molecular formula is C39H66N2O14. The molecule has 18 atom stereocenters. The van der Waals surface area contributed by atoms with Gasteiger partial charge in [-0.3, -0.25) is 9.69 Å². The predicted molar refractivity (Wildman–Crippen MR) is 196 cm³/mol. The Hall–Kier alpha value is -2.31. The van der Waals surface area contributed by atoms with Gasteiger partial charge in [-0.25, -0.2) is 9.59 Å². The van der Waals surface area contributed by atoms with Gasteiger partial charge in [-0.2, -0.15) is 0 Å². The van der Waals surface area contributed by atoms with Crippen molar-refractivity contribution in [1.82, 2.24) is 9.80 Å². The summed E-state index contributed by atoms with van der Waals surface area (Å²) in [7, 11) is 5.10. The number of amides is 1. The zero-order valence-corrected chi connectivity index (χ0v) is 34.9. The zero-order valence-electron chi connectivity index (χ0n) is 34.9. The van der Waals surface area contributed by atoms with Crippen LogP contribution in [0.4, 0.5) is 9.59 Å². The maximum absolute atomic E-state index is 14.5. The topological polar surface area (TPSA) is 181 Å². The number of methoxy groups -OCH3 is 1. The van der Waals surface area contributed by atoms with Gasteiger partial charge in [0.2, 0.25) is 0 Å². The Bertz CT molecular complexity index is 1390. The van der Waals surface area contributed by atoms with Crippen molar-refractivity contribution in [3.05, 3.63) is 0 Å². The van der Waals surface area contributed by atoms with E-state index in [9.17, 15) is 24.6 Å². The molecule has 2 N–H and O–H groups in total. The van der Waals surface area contributed by atoms with Crippen molar-refractivity contribution in [1.29, 1.82) is 0 Å². The highest BCUT2D eigenvalue weighted by Crippen LogP contribution is 2.42. The molecule has 5 fully saturated rings. The first-order valence-corrected chi connectivity index (χ1v) is 19.9. The minimum absolute atomic E-state index is 0.128. The Labute approximate surface area is 325 Å². The Kier molecular flexibility index (Phi) is 13.2. The number of aliphatic hydroxyl groups is 2.